The van der Waals surface area contributed by atoms with E-state index in [0.717, 1.165) is 37.0 Å². The summed E-state index contributed by atoms with van der Waals surface area (Å²) in [6.45, 7) is 5.12. The standard InChI is InChI=1S/C18H24N4O3/c1-13(16(23)22-24)12-20-17(19-2)21-18(10-4-5-11-18)14-6-8-15(25-3)9-7-14/h6-9,12,24H,2,4-5,10-11H2,1,3H3,(H,20,21)(H,22,23)/b13-12+. The van der Waals surface area contributed by atoms with Crippen LogP contribution < -0.4 is 15.5 Å². The quantitative estimate of drug-likeness (QED) is 0.251. The molecule has 1 saturated carbocycles. The zero-order valence-electron chi connectivity index (χ0n) is 14.6. The number of amides is 1. The molecule has 0 saturated heterocycles. The molecule has 1 fully saturated rings. The summed E-state index contributed by atoms with van der Waals surface area (Å²) in [6, 6.07) is 7.90. The summed E-state index contributed by atoms with van der Waals surface area (Å²) in [4.78, 5) is 20.1. The number of benzene rings is 1. The van der Waals surface area contributed by atoms with Gasteiger partial charge < -0.3 is 10.1 Å². The summed E-state index contributed by atoms with van der Waals surface area (Å²) in [5.41, 5.74) is 2.61. The van der Waals surface area contributed by atoms with E-state index in [1.807, 2.05) is 24.3 Å². The van der Waals surface area contributed by atoms with Crippen molar-refractivity contribution in [2.75, 3.05) is 7.11 Å². The van der Waals surface area contributed by atoms with Crippen molar-refractivity contribution in [3.63, 3.8) is 0 Å². The Hall–Kier alpha value is -2.67. The maximum Gasteiger partial charge on any atom is 0.271 e. The van der Waals surface area contributed by atoms with Crippen molar-refractivity contribution in [1.29, 1.82) is 0 Å². The predicted molar refractivity (Wildman–Crippen MR) is 96.9 cm³/mol. The minimum absolute atomic E-state index is 0.295. The number of nitrogens with zero attached hydrogens (tertiary/aromatic N) is 2. The van der Waals surface area contributed by atoms with Gasteiger partial charge in [-0.1, -0.05) is 25.0 Å². The van der Waals surface area contributed by atoms with E-state index in [0.29, 0.717) is 11.5 Å². The van der Waals surface area contributed by atoms with Gasteiger partial charge in [0.05, 0.1) is 12.6 Å². The Balaban J connectivity index is 2.29. The van der Waals surface area contributed by atoms with Crippen molar-refractivity contribution >= 4 is 18.6 Å². The first-order valence-corrected chi connectivity index (χ1v) is 8.13. The molecule has 1 aliphatic carbocycles. The van der Waals surface area contributed by atoms with Crippen molar-refractivity contribution in [3.8, 4) is 5.75 Å². The van der Waals surface area contributed by atoms with Crippen LogP contribution in [0, 0.1) is 0 Å². The van der Waals surface area contributed by atoms with Gasteiger partial charge in [0.25, 0.3) is 5.91 Å². The molecule has 7 nitrogen and oxygen atoms in total. The van der Waals surface area contributed by atoms with Crippen LogP contribution in [0.25, 0.3) is 0 Å². The number of ether oxygens (including phenoxy) is 1. The number of carbonyl (C=O) groups is 1. The van der Waals surface area contributed by atoms with Gasteiger partial charge in [-0.3, -0.25) is 10.0 Å². The Labute approximate surface area is 147 Å². The van der Waals surface area contributed by atoms with Crippen LogP contribution in [0.4, 0.5) is 0 Å². The first kappa shape index (κ1) is 18.7. The van der Waals surface area contributed by atoms with Gasteiger partial charge in [-0.2, -0.15) is 0 Å². The highest BCUT2D eigenvalue weighted by atomic mass is 16.5. The molecule has 2 rings (SSSR count). The normalized spacial score (nSPS) is 17.1. The average Bonchev–Trinajstić information content (AvgIpc) is 3.13. The number of hydrogen-bond acceptors (Lipinski definition) is 4. The van der Waals surface area contributed by atoms with Gasteiger partial charge in [0, 0.05) is 11.8 Å². The molecule has 0 atom stereocenters. The summed E-state index contributed by atoms with van der Waals surface area (Å²) in [5, 5.41) is 11.5. The first-order chi connectivity index (χ1) is 12.0. The Morgan fingerprint density at radius 1 is 1.32 bits per heavy atom. The molecule has 1 aliphatic rings. The number of hydroxylamine groups is 1. The lowest BCUT2D eigenvalue weighted by Gasteiger charge is -2.26. The largest absolute Gasteiger partial charge is 0.497 e. The van der Waals surface area contributed by atoms with Gasteiger partial charge >= 0.3 is 0 Å². The number of methoxy groups -OCH3 is 1. The Morgan fingerprint density at radius 3 is 2.48 bits per heavy atom. The SMILES string of the molecule is C=NC(=NC1(c2ccc(OC)cc2)CCCC1)N/C=C(\C)C(=O)NO. The molecular weight excluding hydrogens is 320 g/mol. The molecule has 0 unspecified atom stereocenters. The fourth-order valence-corrected chi connectivity index (χ4v) is 2.97. The van der Waals surface area contributed by atoms with E-state index >= 15 is 0 Å². The van der Waals surface area contributed by atoms with Crippen molar-refractivity contribution in [2.24, 2.45) is 9.98 Å². The maximum atomic E-state index is 11.3. The topological polar surface area (TPSA) is 95.3 Å². The number of rotatable bonds is 5. The highest BCUT2D eigenvalue weighted by Gasteiger charge is 2.35. The first-order valence-electron chi connectivity index (χ1n) is 8.13. The zero-order valence-corrected chi connectivity index (χ0v) is 14.6. The molecule has 0 spiro atoms. The van der Waals surface area contributed by atoms with E-state index in [1.165, 1.54) is 6.20 Å². The maximum absolute atomic E-state index is 11.3. The minimum atomic E-state index is -0.596. The van der Waals surface area contributed by atoms with E-state index in [9.17, 15) is 4.79 Å². The van der Waals surface area contributed by atoms with E-state index in [-0.39, 0.29) is 5.54 Å². The number of nitrogens with one attached hydrogen (secondary N) is 2. The zero-order chi connectivity index (χ0) is 18.3. The number of carbonyl (C=O) groups excluding carboxylic acids is 1. The molecule has 25 heavy (non-hydrogen) atoms. The van der Waals surface area contributed by atoms with Crippen LogP contribution in [-0.2, 0) is 10.3 Å². The summed E-state index contributed by atoms with van der Waals surface area (Å²) < 4.78 is 5.22. The number of guanidine groups is 1. The summed E-state index contributed by atoms with van der Waals surface area (Å²) >= 11 is 0. The third kappa shape index (κ3) is 4.45. The van der Waals surface area contributed by atoms with E-state index in [2.05, 4.69) is 17.0 Å². The highest BCUT2D eigenvalue weighted by molar-refractivity contribution is 5.93. The molecule has 0 aromatic heterocycles. The third-order valence-electron chi connectivity index (χ3n) is 4.41. The molecule has 1 aromatic carbocycles. The van der Waals surface area contributed by atoms with Gasteiger partial charge in [-0.15, -0.1) is 0 Å². The highest BCUT2D eigenvalue weighted by Crippen LogP contribution is 2.42. The lowest BCUT2D eigenvalue weighted by molar-refractivity contribution is -0.125. The fourth-order valence-electron chi connectivity index (χ4n) is 2.97. The van der Waals surface area contributed by atoms with Crippen molar-refractivity contribution < 1.29 is 14.7 Å². The molecule has 1 aromatic rings. The average molecular weight is 344 g/mol. The lowest BCUT2D eigenvalue weighted by atomic mass is 9.89. The second-order valence-electron chi connectivity index (χ2n) is 5.97. The molecule has 0 heterocycles. The molecule has 7 heteroatoms. The van der Waals surface area contributed by atoms with Crippen LogP contribution in [0.3, 0.4) is 0 Å². The fraction of sp³-hybridized carbons (Fsp3) is 0.389. The van der Waals surface area contributed by atoms with Gasteiger partial charge in [-0.25, -0.2) is 15.5 Å². The van der Waals surface area contributed by atoms with Crippen LogP contribution in [0.1, 0.15) is 38.2 Å². The van der Waals surface area contributed by atoms with Crippen molar-refractivity contribution in [3.05, 3.63) is 41.6 Å². The third-order valence-corrected chi connectivity index (χ3v) is 4.41. The monoisotopic (exact) mass is 344 g/mol. The summed E-state index contributed by atoms with van der Waals surface area (Å²) in [5.74, 6) is 0.541. The van der Waals surface area contributed by atoms with E-state index in [4.69, 9.17) is 14.9 Å². The molecule has 3 N–H and O–H groups in total. The van der Waals surface area contributed by atoms with Crippen LogP contribution in [0.15, 0.2) is 46.0 Å². The summed E-state index contributed by atoms with van der Waals surface area (Å²) in [6.07, 6.45) is 5.44. The van der Waals surface area contributed by atoms with Gasteiger partial charge in [-0.05, 0) is 44.2 Å². The molecular formula is C18H24N4O3. The van der Waals surface area contributed by atoms with Crippen LogP contribution in [0.5, 0.6) is 5.75 Å². The van der Waals surface area contributed by atoms with E-state index in [1.54, 1.807) is 19.5 Å². The molecule has 0 aliphatic heterocycles. The minimum Gasteiger partial charge on any atom is -0.497 e. The van der Waals surface area contributed by atoms with Gasteiger partial charge in [0.2, 0.25) is 5.96 Å². The number of aliphatic imine (C=N–C) groups is 2. The lowest BCUT2D eigenvalue weighted by Crippen LogP contribution is -2.27. The van der Waals surface area contributed by atoms with Crippen LogP contribution >= 0.6 is 0 Å². The Kier molecular flexibility index (Phi) is 6.30. The predicted octanol–water partition coefficient (Wildman–Crippen LogP) is 2.52. The Bertz CT molecular complexity index is 674. The van der Waals surface area contributed by atoms with E-state index < -0.39 is 5.91 Å². The second-order valence-corrected chi connectivity index (χ2v) is 5.97. The van der Waals surface area contributed by atoms with Crippen LogP contribution in [0.2, 0.25) is 0 Å². The van der Waals surface area contributed by atoms with Gasteiger partial charge in [0.15, 0.2) is 0 Å². The molecule has 0 radical (unpaired) electrons. The van der Waals surface area contributed by atoms with Crippen molar-refractivity contribution in [2.45, 2.75) is 38.1 Å². The van der Waals surface area contributed by atoms with Gasteiger partial charge in [0.1, 0.15) is 5.75 Å². The molecule has 0 bridgehead atoms. The number of hydrogen-bond donors (Lipinski definition) is 3. The molecule has 1 amide bonds. The summed E-state index contributed by atoms with van der Waals surface area (Å²) in [7, 11) is 1.64. The Morgan fingerprint density at radius 2 is 1.96 bits per heavy atom. The van der Waals surface area contributed by atoms with Crippen molar-refractivity contribution in [1.82, 2.24) is 10.8 Å². The molecule has 134 valence electrons. The second kappa shape index (κ2) is 8.43. The van der Waals surface area contributed by atoms with Crippen LogP contribution in [-0.4, -0.2) is 30.9 Å². The smallest absolute Gasteiger partial charge is 0.271 e.